The second-order valence-corrected chi connectivity index (χ2v) is 11.2. The number of nitrogens with one attached hydrogen (secondary N) is 3. The third-order valence-corrected chi connectivity index (χ3v) is 7.82. The van der Waals surface area contributed by atoms with E-state index in [0.29, 0.717) is 62.8 Å². The molecule has 2 aliphatic carbocycles. The van der Waals surface area contributed by atoms with Crippen LogP contribution in [0.3, 0.4) is 0 Å². The summed E-state index contributed by atoms with van der Waals surface area (Å²) in [5.41, 5.74) is 7.50. The predicted octanol–water partition coefficient (Wildman–Crippen LogP) is 3.50. The molecule has 0 spiro atoms. The average molecular weight is 627 g/mol. The molecule has 0 atom stereocenters. The van der Waals surface area contributed by atoms with Crippen LogP contribution < -0.4 is 21.7 Å². The molecule has 2 amide bonds. The Kier molecular flexibility index (Phi) is 12.5. The van der Waals surface area contributed by atoms with Gasteiger partial charge in [-0.15, -0.1) is 12.4 Å². The highest BCUT2D eigenvalue weighted by molar-refractivity contribution is 6.00. The zero-order chi connectivity index (χ0) is 30.0. The number of ether oxygens (including phenoxy) is 2. The number of amides is 2. The summed E-state index contributed by atoms with van der Waals surface area (Å²) >= 11 is 0. The Bertz CT molecular complexity index is 1380. The van der Waals surface area contributed by atoms with E-state index in [2.05, 4.69) is 30.9 Å². The number of halogens is 1. The third kappa shape index (κ3) is 9.46. The Hall–Kier alpha value is -3.58. The average Bonchev–Trinajstić information content (AvgIpc) is 3.84. The van der Waals surface area contributed by atoms with Crippen LogP contribution in [0.4, 0.5) is 17.3 Å². The molecule has 0 aliphatic heterocycles. The van der Waals surface area contributed by atoms with Crippen LogP contribution in [0, 0.1) is 5.92 Å². The maximum Gasteiger partial charge on any atom is 0.255 e. The number of rotatable bonds is 15. The fourth-order valence-electron chi connectivity index (χ4n) is 5.21. The number of pyridine rings is 3. The topological polar surface area (TPSA) is 157 Å². The molecule has 0 saturated heterocycles. The van der Waals surface area contributed by atoms with Gasteiger partial charge in [-0.2, -0.15) is 0 Å². The zero-order valence-electron chi connectivity index (χ0n) is 25.2. The van der Waals surface area contributed by atoms with Crippen molar-refractivity contribution in [3.05, 3.63) is 48.4 Å². The number of nitrogens with zero attached hydrogens (tertiary/aromatic N) is 4. The number of hydrogen-bond donors (Lipinski definition) is 4. The van der Waals surface area contributed by atoms with Crippen LogP contribution in [0.5, 0.6) is 0 Å². The summed E-state index contributed by atoms with van der Waals surface area (Å²) in [4.78, 5) is 41.4. The van der Waals surface area contributed by atoms with Crippen molar-refractivity contribution in [3.8, 4) is 0 Å². The highest BCUT2D eigenvalue weighted by Gasteiger charge is 2.30. The molecule has 12 nitrogen and oxygen atoms in total. The Morgan fingerprint density at radius 3 is 2.45 bits per heavy atom. The second kappa shape index (κ2) is 16.5. The van der Waals surface area contributed by atoms with Gasteiger partial charge in [0.15, 0.2) is 0 Å². The molecule has 2 fully saturated rings. The van der Waals surface area contributed by atoms with Crippen molar-refractivity contribution in [2.24, 2.45) is 11.7 Å². The molecular weight excluding hydrogens is 584 g/mol. The van der Waals surface area contributed by atoms with Gasteiger partial charge in [0.25, 0.3) is 5.91 Å². The molecule has 3 heterocycles. The first kappa shape index (κ1) is 33.3. The Morgan fingerprint density at radius 1 is 0.955 bits per heavy atom. The number of carbonyl (C=O) groups is 2. The van der Waals surface area contributed by atoms with E-state index in [0.717, 1.165) is 55.1 Å². The van der Waals surface area contributed by atoms with Crippen molar-refractivity contribution in [1.82, 2.24) is 25.2 Å². The number of hydrogen-bond acceptors (Lipinski definition) is 10. The summed E-state index contributed by atoms with van der Waals surface area (Å²) in [7, 11) is 1.82. The van der Waals surface area contributed by atoms with E-state index in [-0.39, 0.29) is 36.2 Å². The monoisotopic (exact) mass is 626 g/mol. The molecule has 5 N–H and O–H groups in total. The van der Waals surface area contributed by atoms with Gasteiger partial charge in [-0.05, 0) is 56.7 Å². The maximum atomic E-state index is 13.4. The smallest absolute Gasteiger partial charge is 0.255 e. The number of likely N-dealkylation sites (N-methyl/N-ethyl adjacent to an activating group) is 1. The van der Waals surface area contributed by atoms with Gasteiger partial charge in [0.05, 0.1) is 43.2 Å². The Morgan fingerprint density at radius 2 is 1.70 bits per heavy atom. The lowest BCUT2D eigenvalue weighted by Gasteiger charge is -2.31. The molecule has 238 valence electrons. The van der Waals surface area contributed by atoms with Crippen LogP contribution in [0.2, 0.25) is 0 Å². The molecule has 3 aromatic rings. The normalized spacial score (nSPS) is 17.9. The van der Waals surface area contributed by atoms with Gasteiger partial charge in [0.1, 0.15) is 11.6 Å². The maximum absolute atomic E-state index is 13.4. The summed E-state index contributed by atoms with van der Waals surface area (Å²) in [6, 6.07) is 7.95. The van der Waals surface area contributed by atoms with E-state index in [1.165, 1.54) is 0 Å². The van der Waals surface area contributed by atoms with Gasteiger partial charge in [-0.25, -0.2) is 9.97 Å². The molecule has 0 aromatic carbocycles. The standard InChI is InChI=1S/C31H42N8O4.ClH/c1-39(13-15-43-17-16-42-14-11-32)31(41)21-2-5-24(6-3-21)36-30(40)25-20-34-29(18-27(25)35-23-7-8-23)38-28-9-4-22-19-33-12-10-26(22)37-28;/h4,9-10,12,18-21,23-24H,2-3,5-8,11,13-17,32H2,1H3,(H,36,40)(H2,34,35,37,38);1H. The van der Waals surface area contributed by atoms with Gasteiger partial charge in [0, 0.05) is 68.2 Å². The van der Waals surface area contributed by atoms with Crippen LogP contribution >= 0.6 is 12.4 Å². The molecular formula is C31H43ClN8O4. The molecule has 13 heteroatoms. The summed E-state index contributed by atoms with van der Waals surface area (Å²) in [5.74, 6) is 1.21. The number of nitrogens with two attached hydrogens (primary N) is 1. The number of carbonyl (C=O) groups excluding carboxylic acids is 2. The third-order valence-electron chi connectivity index (χ3n) is 7.82. The SMILES string of the molecule is CN(CCOCCOCCN)C(=O)C1CCC(NC(=O)c2cnc(Nc3ccc4cnccc4n3)cc2NC2CC2)CC1.Cl. The van der Waals surface area contributed by atoms with E-state index in [4.69, 9.17) is 15.2 Å². The van der Waals surface area contributed by atoms with E-state index >= 15 is 0 Å². The molecule has 0 bridgehead atoms. The van der Waals surface area contributed by atoms with Crippen LogP contribution in [0.25, 0.3) is 10.9 Å². The largest absolute Gasteiger partial charge is 0.382 e. The lowest BCUT2D eigenvalue weighted by molar-refractivity contribution is -0.136. The first-order valence-corrected chi connectivity index (χ1v) is 15.2. The molecule has 0 radical (unpaired) electrons. The van der Waals surface area contributed by atoms with Crippen molar-refractivity contribution in [2.75, 3.05) is 57.2 Å². The van der Waals surface area contributed by atoms with Crippen LogP contribution in [0.1, 0.15) is 48.9 Å². The summed E-state index contributed by atoms with van der Waals surface area (Å²) < 4.78 is 10.8. The second-order valence-electron chi connectivity index (χ2n) is 11.2. The predicted molar refractivity (Wildman–Crippen MR) is 172 cm³/mol. The number of aromatic nitrogens is 3. The van der Waals surface area contributed by atoms with E-state index < -0.39 is 0 Å². The molecule has 2 aliphatic rings. The van der Waals surface area contributed by atoms with Crippen molar-refractivity contribution in [3.63, 3.8) is 0 Å². The summed E-state index contributed by atoms with van der Waals surface area (Å²) in [5, 5.41) is 10.9. The highest BCUT2D eigenvalue weighted by atomic mass is 35.5. The zero-order valence-corrected chi connectivity index (χ0v) is 26.0. The first-order valence-electron chi connectivity index (χ1n) is 15.2. The molecule has 2 saturated carbocycles. The summed E-state index contributed by atoms with van der Waals surface area (Å²) in [6.07, 6.45) is 10.3. The fraction of sp³-hybridized carbons (Fsp3) is 0.516. The highest BCUT2D eigenvalue weighted by Crippen LogP contribution is 2.30. The van der Waals surface area contributed by atoms with E-state index in [1.807, 2.05) is 31.3 Å². The van der Waals surface area contributed by atoms with Crippen LogP contribution in [0.15, 0.2) is 42.9 Å². The Labute approximate surface area is 264 Å². The summed E-state index contributed by atoms with van der Waals surface area (Å²) in [6.45, 7) is 3.01. The first-order chi connectivity index (χ1) is 21.0. The molecule has 0 unspecified atom stereocenters. The van der Waals surface area contributed by atoms with Gasteiger partial charge < -0.3 is 36.1 Å². The molecule has 44 heavy (non-hydrogen) atoms. The quantitative estimate of drug-likeness (QED) is 0.184. The van der Waals surface area contributed by atoms with Gasteiger partial charge in [0.2, 0.25) is 5.91 Å². The van der Waals surface area contributed by atoms with E-state index in [9.17, 15) is 9.59 Å². The van der Waals surface area contributed by atoms with Gasteiger partial charge >= 0.3 is 0 Å². The fourth-order valence-corrected chi connectivity index (χ4v) is 5.21. The van der Waals surface area contributed by atoms with Crippen molar-refractivity contribution < 1.29 is 19.1 Å². The Balaban J connectivity index is 0.00000442. The van der Waals surface area contributed by atoms with E-state index in [1.54, 1.807) is 23.5 Å². The van der Waals surface area contributed by atoms with Crippen molar-refractivity contribution in [1.29, 1.82) is 0 Å². The lowest BCUT2D eigenvalue weighted by Crippen LogP contribution is -2.42. The number of fused-ring (bicyclic) bond motifs is 1. The lowest BCUT2D eigenvalue weighted by atomic mass is 9.85. The minimum atomic E-state index is -0.155. The van der Waals surface area contributed by atoms with Crippen LogP contribution in [-0.4, -0.2) is 90.3 Å². The van der Waals surface area contributed by atoms with Gasteiger partial charge in [-0.1, -0.05) is 0 Å². The van der Waals surface area contributed by atoms with Crippen molar-refractivity contribution in [2.45, 2.75) is 50.6 Å². The van der Waals surface area contributed by atoms with Crippen LogP contribution in [-0.2, 0) is 14.3 Å². The molecule has 3 aromatic heterocycles. The minimum Gasteiger partial charge on any atom is -0.382 e. The van der Waals surface area contributed by atoms with Gasteiger partial charge in [-0.3, -0.25) is 14.6 Å². The minimum absolute atomic E-state index is 0. The van der Waals surface area contributed by atoms with Crippen molar-refractivity contribution >= 4 is 52.4 Å². The molecule has 5 rings (SSSR count). The number of anilines is 3.